The van der Waals surface area contributed by atoms with Crippen LogP contribution in [0, 0.1) is 0 Å². The van der Waals surface area contributed by atoms with Gasteiger partial charge in [-0.05, 0) is 39.1 Å². The van der Waals surface area contributed by atoms with Crippen molar-refractivity contribution in [1.82, 2.24) is 9.88 Å². The lowest BCUT2D eigenvalue weighted by Crippen LogP contribution is -2.51. The SMILES string of the molecule is CCC(C)(C(O)Cc1cccnc1N)N(C)C. The Hall–Kier alpha value is -1.13. The van der Waals surface area contributed by atoms with Gasteiger partial charge in [-0.15, -0.1) is 0 Å². The maximum atomic E-state index is 10.4. The standard InChI is InChI=1S/C13H23N3O/c1-5-13(2,16(3)4)11(17)9-10-7-6-8-15-12(10)14/h6-8,11,17H,5,9H2,1-4H3,(H2,14,15). The van der Waals surface area contributed by atoms with Gasteiger partial charge < -0.3 is 15.7 Å². The molecule has 4 heteroatoms. The molecule has 1 aromatic heterocycles. The summed E-state index contributed by atoms with van der Waals surface area (Å²) in [6.07, 6.45) is 2.61. The average Bonchev–Trinajstić information content (AvgIpc) is 2.30. The molecule has 0 saturated heterocycles. The van der Waals surface area contributed by atoms with Crippen molar-refractivity contribution in [3.8, 4) is 0 Å². The van der Waals surface area contributed by atoms with Gasteiger partial charge in [0.25, 0.3) is 0 Å². The second-order valence-corrected chi connectivity index (χ2v) is 4.87. The van der Waals surface area contributed by atoms with Gasteiger partial charge in [0.05, 0.1) is 6.10 Å². The monoisotopic (exact) mass is 237 g/mol. The van der Waals surface area contributed by atoms with E-state index in [1.54, 1.807) is 6.20 Å². The molecule has 2 unspecified atom stereocenters. The quantitative estimate of drug-likeness (QED) is 0.810. The van der Waals surface area contributed by atoms with Gasteiger partial charge >= 0.3 is 0 Å². The molecule has 3 N–H and O–H groups in total. The van der Waals surface area contributed by atoms with Crippen LogP contribution >= 0.6 is 0 Å². The number of likely N-dealkylation sites (N-methyl/N-ethyl adjacent to an activating group) is 1. The third kappa shape index (κ3) is 2.96. The zero-order valence-corrected chi connectivity index (χ0v) is 11.1. The zero-order chi connectivity index (χ0) is 13.1. The van der Waals surface area contributed by atoms with E-state index in [4.69, 9.17) is 5.73 Å². The van der Waals surface area contributed by atoms with E-state index in [0.717, 1.165) is 12.0 Å². The highest BCUT2D eigenvalue weighted by Gasteiger charge is 2.33. The molecule has 1 heterocycles. The summed E-state index contributed by atoms with van der Waals surface area (Å²) in [5.74, 6) is 0.503. The minimum absolute atomic E-state index is 0.248. The van der Waals surface area contributed by atoms with Crippen molar-refractivity contribution >= 4 is 5.82 Å². The summed E-state index contributed by atoms with van der Waals surface area (Å²) in [5.41, 5.74) is 6.45. The van der Waals surface area contributed by atoms with Crippen LogP contribution in [0.4, 0.5) is 5.82 Å². The maximum Gasteiger partial charge on any atom is 0.126 e. The highest BCUT2D eigenvalue weighted by molar-refractivity contribution is 5.39. The Kier molecular flexibility index (Phi) is 4.48. The van der Waals surface area contributed by atoms with E-state index in [9.17, 15) is 5.11 Å². The molecule has 0 aliphatic rings. The smallest absolute Gasteiger partial charge is 0.126 e. The number of aliphatic hydroxyl groups excluding tert-OH is 1. The van der Waals surface area contributed by atoms with E-state index < -0.39 is 6.10 Å². The van der Waals surface area contributed by atoms with E-state index in [2.05, 4.69) is 23.7 Å². The fraction of sp³-hybridized carbons (Fsp3) is 0.615. The van der Waals surface area contributed by atoms with Crippen molar-refractivity contribution < 1.29 is 5.11 Å². The normalized spacial score (nSPS) is 16.8. The van der Waals surface area contributed by atoms with Crippen LogP contribution in [-0.4, -0.2) is 40.7 Å². The first kappa shape index (κ1) is 13.9. The predicted octanol–water partition coefficient (Wildman–Crippen LogP) is 1.30. The Morgan fingerprint density at radius 3 is 2.65 bits per heavy atom. The summed E-state index contributed by atoms with van der Waals surface area (Å²) < 4.78 is 0. The molecule has 0 bridgehead atoms. The first-order valence-electron chi connectivity index (χ1n) is 5.96. The molecule has 0 fully saturated rings. The van der Waals surface area contributed by atoms with E-state index in [0.29, 0.717) is 12.2 Å². The van der Waals surface area contributed by atoms with Crippen LogP contribution in [0.5, 0.6) is 0 Å². The van der Waals surface area contributed by atoms with Gasteiger partial charge in [-0.3, -0.25) is 0 Å². The van der Waals surface area contributed by atoms with Gasteiger partial charge in [0.2, 0.25) is 0 Å². The largest absolute Gasteiger partial charge is 0.391 e. The van der Waals surface area contributed by atoms with Gasteiger partial charge in [-0.2, -0.15) is 0 Å². The second kappa shape index (κ2) is 5.47. The molecule has 0 aliphatic heterocycles. The number of nitrogens with two attached hydrogens (primary N) is 1. The highest BCUT2D eigenvalue weighted by atomic mass is 16.3. The lowest BCUT2D eigenvalue weighted by atomic mass is 9.86. The molecule has 0 saturated carbocycles. The third-order valence-corrected chi connectivity index (χ3v) is 3.79. The topological polar surface area (TPSA) is 62.4 Å². The van der Waals surface area contributed by atoms with Crippen molar-refractivity contribution in [3.05, 3.63) is 23.9 Å². The Bertz CT molecular complexity index is 367. The number of nitrogen functional groups attached to an aromatic ring is 1. The molecule has 4 nitrogen and oxygen atoms in total. The summed E-state index contributed by atoms with van der Waals surface area (Å²) in [7, 11) is 3.97. The van der Waals surface area contributed by atoms with Crippen LogP contribution < -0.4 is 5.73 Å². The number of hydrogen-bond donors (Lipinski definition) is 2. The summed E-state index contributed by atoms with van der Waals surface area (Å²) >= 11 is 0. The van der Waals surface area contributed by atoms with Crippen molar-refractivity contribution in [1.29, 1.82) is 0 Å². The lowest BCUT2D eigenvalue weighted by Gasteiger charge is -2.40. The first-order valence-corrected chi connectivity index (χ1v) is 5.96. The molecule has 0 spiro atoms. The van der Waals surface area contributed by atoms with Crippen molar-refractivity contribution in [2.75, 3.05) is 19.8 Å². The summed E-state index contributed by atoms with van der Waals surface area (Å²) in [6.45, 7) is 4.14. The van der Waals surface area contributed by atoms with E-state index in [-0.39, 0.29) is 5.54 Å². The average molecular weight is 237 g/mol. The van der Waals surface area contributed by atoms with Crippen LogP contribution in [0.1, 0.15) is 25.8 Å². The third-order valence-electron chi connectivity index (χ3n) is 3.79. The number of rotatable bonds is 5. The minimum Gasteiger partial charge on any atom is -0.391 e. The number of nitrogens with zero attached hydrogens (tertiary/aromatic N) is 2. The Labute approximate surface area is 103 Å². The van der Waals surface area contributed by atoms with Crippen LogP contribution in [0.3, 0.4) is 0 Å². The molecule has 17 heavy (non-hydrogen) atoms. The molecule has 0 aliphatic carbocycles. The lowest BCUT2D eigenvalue weighted by molar-refractivity contribution is 0.00306. The molecule has 0 amide bonds. The Morgan fingerprint density at radius 2 is 2.18 bits per heavy atom. The van der Waals surface area contributed by atoms with Crippen molar-refractivity contribution in [2.45, 2.75) is 38.3 Å². The van der Waals surface area contributed by atoms with Crippen molar-refractivity contribution in [3.63, 3.8) is 0 Å². The Balaban J connectivity index is 2.85. The van der Waals surface area contributed by atoms with E-state index >= 15 is 0 Å². The van der Waals surface area contributed by atoms with Gasteiger partial charge in [-0.25, -0.2) is 4.98 Å². The minimum atomic E-state index is -0.464. The number of hydrogen-bond acceptors (Lipinski definition) is 4. The van der Waals surface area contributed by atoms with Crippen molar-refractivity contribution in [2.24, 2.45) is 0 Å². The predicted molar refractivity (Wildman–Crippen MR) is 70.7 cm³/mol. The van der Waals surface area contributed by atoms with E-state index in [1.165, 1.54) is 0 Å². The van der Waals surface area contributed by atoms with Crippen LogP contribution in [-0.2, 0) is 6.42 Å². The number of anilines is 1. The first-order chi connectivity index (χ1) is 7.91. The van der Waals surface area contributed by atoms with E-state index in [1.807, 2.05) is 26.2 Å². The molecule has 2 atom stereocenters. The van der Waals surface area contributed by atoms with Crippen LogP contribution in [0.15, 0.2) is 18.3 Å². The fourth-order valence-corrected chi connectivity index (χ4v) is 1.90. The Morgan fingerprint density at radius 1 is 1.53 bits per heavy atom. The molecule has 1 rings (SSSR count). The van der Waals surface area contributed by atoms with Crippen LogP contribution in [0.25, 0.3) is 0 Å². The number of aromatic nitrogens is 1. The van der Waals surface area contributed by atoms with Crippen LogP contribution in [0.2, 0.25) is 0 Å². The number of pyridine rings is 1. The fourth-order valence-electron chi connectivity index (χ4n) is 1.90. The molecular formula is C13H23N3O. The zero-order valence-electron chi connectivity index (χ0n) is 11.1. The van der Waals surface area contributed by atoms with Gasteiger partial charge in [0.1, 0.15) is 5.82 Å². The molecule has 96 valence electrons. The molecule has 0 radical (unpaired) electrons. The molecular weight excluding hydrogens is 214 g/mol. The highest BCUT2D eigenvalue weighted by Crippen LogP contribution is 2.24. The van der Waals surface area contributed by atoms with Gasteiger partial charge in [-0.1, -0.05) is 13.0 Å². The summed E-state index contributed by atoms with van der Waals surface area (Å²) in [6, 6.07) is 3.76. The summed E-state index contributed by atoms with van der Waals surface area (Å²) in [5, 5.41) is 10.4. The van der Waals surface area contributed by atoms with Gasteiger partial charge in [0.15, 0.2) is 0 Å². The number of aliphatic hydroxyl groups is 1. The maximum absolute atomic E-state index is 10.4. The molecule has 0 aromatic carbocycles. The summed E-state index contributed by atoms with van der Waals surface area (Å²) in [4.78, 5) is 6.10. The van der Waals surface area contributed by atoms with Gasteiger partial charge in [0, 0.05) is 18.2 Å². The second-order valence-electron chi connectivity index (χ2n) is 4.87. The molecule has 1 aromatic rings.